The Hall–Kier alpha value is -1.53. The van der Waals surface area contributed by atoms with Crippen LogP contribution in [-0.2, 0) is 29.9 Å². The van der Waals surface area contributed by atoms with Gasteiger partial charge in [0.05, 0.1) is 27.9 Å². The van der Waals surface area contributed by atoms with Crippen molar-refractivity contribution in [3.63, 3.8) is 0 Å². The Morgan fingerprint density at radius 1 is 1.29 bits per heavy atom. The van der Waals surface area contributed by atoms with Crippen molar-refractivity contribution < 1.29 is 8.42 Å². The molecule has 2 rings (SSSR count). The molecule has 1 N–H and O–H groups in total. The lowest BCUT2D eigenvalue weighted by atomic mass is 10.3. The maximum absolute atomic E-state index is 11.4. The SMILES string of the molecule is CCc1nn(C)c(CNc2ccc(S(C)(=O)=O)cc2)c1Cl. The first-order valence-corrected chi connectivity index (χ1v) is 8.84. The molecule has 0 bridgehead atoms. The molecule has 0 aliphatic carbocycles. The second-order valence-electron chi connectivity index (χ2n) is 4.83. The van der Waals surface area contributed by atoms with Crippen LogP contribution in [-0.4, -0.2) is 24.5 Å². The second kappa shape index (κ2) is 6.07. The van der Waals surface area contributed by atoms with Crippen molar-refractivity contribution in [1.82, 2.24) is 9.78 Å². The zero-order valence-corrected chi connectivity index (χ0v) is 13.8. The molecule has 0 saturated carbocycles. The molecule has 0 fully saturated rings. The third-order valence-electron chi connectivity index (χ3n) is 3.25. The monoisotopic (exact) mass is 327 g/mol. The smallest absolute Gasteiger partial charge is 0.175 e. The molecule has 1 aromatic heterocycles. The quantitative estimate of drug-likeness (QED) is 0.917. The van der Waals surface area contributed by atoms with Crippen LogP contribution in [0.1, 0.15) is 18.3 Å². The number of anilines is 1. The molecular weight excluding hydrogens is 310 g/mol. The fraction of sp³-hybridized carbons (Fsp3) is 0.357. The van der Waals surface area contributed by atoms with Crippen molar-refractivity contribution in [3.8, 4) is 0 Å². The molecule has 0 aliphatic heterocycles. The summed E-state index contributed by atoms with van der Waals surface area (Å²) in [5, 5.41) is 8.25. The van der Waals surface area contributed by atoms with Crippen molar-refractivity contribution in [2.45, 2.75) is 24.8 Å². The van der Waals surface area contributed by atoms with Crippen LogP contribution in [0.25, 0.3) is 0 Å². The summed E-state index contributed by atoms with van der Waals surface area (Å²) in [4.78, 5) is 0.305. The molecule has 0 atom stereocenters. The Bertz CT molecular complexity index is 736. The van der Waals surface area contributed by atoms with Crippen molar-refractivity contribution in [2.24, 2.45) is 7.05 Å². The first kappa shape index (κ1) is 15.9. The van der Waals surface area contributed by atoms with Gasteiger partial charge in [-0.2, -0.15) is 5.10 Å². The number of rotatable bonds is 5. The summed E-state index contributed by atoms with van der Waals surface area (Å²) in [6, 6.07) is 6.64. The molecule has 0 unspecified atom stereocenters. The molecule has 5 nitrogen and oxygen atoms in total. The van der Waals surface area contributed by atoms with Crippen molar-refractivity contribution in [3.05, 3.63) is 40.7 Å². The van der Waals surface area contributed by atoms with E-state index in [-0.39, 0.29) is 0 Å². The van der Waals surface area contributed by atoms with Gasteiger partial charge >= 0.3 is 0 Å². The average Bonchev–Trinajstić information content (AvgIpc) is 2.70. The normalized spacial score (nSPS) is 11.6. The summed E-state index contributed by atoms with van der Waals surface area (Å²) in [6.45, 7) is 2.54. The minimum Gasteiger partial charge on any atom is -0.379 e. The standard InChI is InChI=1S/C14H18ClN3O2S/c1-4-12-14(15)13(18(2)17-12)9-16-10-5-7-11(8-6-10)21(3,19)20/h5-8,16H,4,9H2,1-3H3. The molecule has 114 valence electrons. The number of hydrogen-bond donors (Lipinski definition) is 1. The van der Waals surface area contributed by atoms with Gasteiger partial charge in [-0.15, -0.1) is 0 Å². The van der Waals surface area contributed by atoms with Crippen LogP contribution in [0.5, 0.6) is 0 Å². The van der Waals surface area contributed by atoms with E-state index in [0.717, 1.165) is 23.5 Å². The summed E-state index contributed by atoms with van der Waals surface area (Å²) in [6.07, 6.45) is 1.98. The maximum atomic E-state index is 11.4. The van der Waals surface area contributed by atoms with Gasteiger partial charge in [0, 0.05) is 19.0 Å². The number of nitrogens with one attached hydrogen (secondary N) is 1. The number of sulfone groups is 1. The number of halogens is 1. The zero-order chi connectivity index (χ0) is 15.6. The third kappa shape index (κ3) is 3.57. The van der Waals surface area contributed by atoms with Gasteiger partial charge in [0.15, 0.2) is 9.84 Å². The highest BCUT2D eigenvalue weighted by Gasteiger charge is 2.12. The number of aryl methyl sites for hydroxylation is 2. The second-order valence-corrected chi connectivity index (χ2v) is 7.23. The van der Waals surface area contributed by atoms with Gasteiger partial charge in [0.25, 0.3) is 0 Å². The van der Waals surface area contributed by atoms with Crippen LogP contribution in [0.4, 0.5) is 5.69 Å². The molecule has 0 amide bonds. The van der Waals surface area contributed by atoms with E-state index in [0.29, 0.717) is 16.5 Å². The highest BCUT2D eigenvalue weighted by molar-refractivity contribution is 7.90. The lowest BCUT2D eigenvalue weighted by Crippen LogP contribution is -2.06. The Balaban J connectivity index is 2.12. The summed E-state index contributed by atoms with van der Waals surface area (Å²) < 4.78 is 24.6. The predicted octanol–water partition coefficient (Wildman–Crippen LogP) is 2.65. The van der Waals surface area contributed by atoms with E-state index >= 15 is 0 Å². The number of benzene rings is 1. The maximum Gasteiger partial charge on any atom is 0.175 e. The molecule has 0 radical (unpaired) electrons. The molecule has 21 heavy (non-hydrogen) atoms. The Morgan fingerprint density at radius 2 is 1.90 bits per heavy atom. The molecule has 0 spiro atoms. The fourth-order valence-corrected chi connectivity index (χ4v) is 3.01. The van der Waals surface area contributed by atoms with Gasteiger partial charge in [0.1, 0.15) is 0 Å². The largest absolute Gasteiger partial charge is 0.379 e. The van der Waals surface area contributed by atoms with Crippen LogP contribution >= 0.6 is 11.6 Å². The highest BCUT2D eigenvalue weighted by atomic mass is 35.5. The van der Waals surface area contributed by atoms with Gasteiger partial charge in [-0.25, -0.2) is 8.42 Å². The lowest BCUT2D eigenvalue weighted by molar-refractivity contribution is 0.602. The molecule has 2 aromatic rings. The molecule has 0 aliphatic rings. The molecule has 7 heteroatoms. The van der Waals surface area contributed by atoms with Gasteiger partial charge < -0.3 is 5.32 Å². The van der Waals surface area contributed by atoms with E-state index < -0.39 is 9.84 Å². The molecule has 1 heterocycles. The first-order chi connectivity index (χ1) is 9.82. The van der Waals surface area contributed by atoms with E-state index in [1.807, 2.05) is 14.0 Å². The Kier molecular flexibility index (Phi) is 4.58. The Labute approximate surface area is 129 Å². The number of aromatic nitrogens is 2. The average molecular weight is 328 g/mol. The fourth-order valence-electron chi connectivity index (χ4n) is 2.02. The van der Waals surface area contributed by atoms with E-state index in [1.54, 1.807) is 28.9 Å². The van der Waals surface area contributed by atoms with Gasteiger partial charge in [0.2, 0.25) is 0 Å². The minimum atomic E-state index is -3.16. The van der Waals surface area contributed by atoms with Crippen LogP contribution < -0.4 is 5.32 Å². The lowest BCUT2D eigenvalue weighted by Gasteiger charge is -2.08. The highest BCUT2D eigenvalue weighted by Crippen LogP contribution is 2.22. The summed E-state index contributed by atoms with van der Waals surface area (Å²) in [5.74, 6) is 0. The molecule has 1 aromatic carbocycles. The zero-order valence-electron chi connectivity index (χ0n) is 12.2. The Morgan fingerprint density at radius 3 is 2.38 bits per heavy atom. The van der Waals surface area contributed by atoms with Crippen LogP contribution in [0.15, 0.2) is 29.2 Å². The third-order valence-corrected chi connectivity index (χ3v) is 4.81. The van der Waals surface area contributed by atoms with Crippen molar-refractivity contribution in [2.75, 3.05) is 11.6 Å². The minimum absolute atomic E-state index is 0.305. The van der Waals surface area contributed by atoms with Crippen LogP contribution in [0.3, 0.4) is 0 Å². The van der Waals surface area contributed by atoms with Gasteiger partial charge in [-0.05, 0) is 30.7 Å². The first-order valence-electron chi connectivity index (χ1n) is 6.57. The van der Waals surface area contributed by atoms with Crippen molar-refractivity contribution in [1.29, 1.82) is 0 Å². The van der Waals surface area contributed by atoms with E-state index in [9.17, 15) is 8.42 Å². The molecular formula is C14H18ClN3O2S. The van der Waals surface area contributed by atoms with Crippen molar-refractivity contribution >= 4 is 27.1 Å². The summed E-state index contributed by atoms with van der Waals surface area (Å²) >= 11 is 6.28. The molecule has 0 saturated heterocycles. The van der Waals surface area contributed by atoms with E-state index in [4.69, 9.17) is 11.6 Å². The van der Waals surface area contributed by atoms with Gasteiger partial charge in [-0.3, -0.25) is 4.68 Å². The van der Waals surface area contributed by atoms with Gasteiger partial charge in [-0.1, -0.05) is 18.5 Å². The van der Waals surface area contributed by atoms with Crippen LogP contribution in [0.2, 0.25) is 5.02 Å². The van der Waals surface area contributed by atoms with Crippen LogP contribution in [0, 0.1) is 0 Å². The van der Waals surface area contributed by atoms with E-state index in [1.165, 1.54) is 6.26 Å². The van der Waals surface area contributed by atoms with E-state index in [2.05, 4.69) is 10.4 Å². The topological polar surface area (TPSA) is 64.0 Å². The number of hydrogen-bond acceptors (Lipinski definition) is 4. The summed E-state index contributed by atoms with van der Waals surface area (Å²) in [7, 11) is -1.31. The predicted molar refractivity (Wildman–Crippen MR) is 84.5 cm³/mol. The number of nitrogens with zero attached hydrogens (tertiary/aromatic N) is 2. The summed E-state index contributed by atoms with van der Waals surface area (Å²) in [5.41, 5.74) is 2.61.